The van der Waals surface area contributed by atoms with Gasteiger partial charge in [0.1, 0.15) is 0 Å². The first-order chi connectivity index (χ1) is 9.16. The second kappa shape index (κ2) is 6.33. The van der Waals surface area contributed by atoms with E-state index in [2.05, 4.69) is 16.7 Å². The van der Waals surface area contributed by atoms with Crippen LogP contribution in [0.4, 0.5) is 11.4 Å². The van der Waals surface area contributed by atoms with Crippen LogP contribution in [0, 0.1) is 17.0 Å². The van der Waals surface area contributed by atoms with Gasteiger partial charge in [0.2, 0.25) is 0 Å². The van der Waals surface area contributed by atoms with Gasteiger partial charge in [-0.1, -0.05) is 11.6 Å². The number of hydrogen-bond donors (Lipinski definition) is 2. The van der Waals surface area contributed by atoms with Crippen LogP contribution in [-0.4, -0.2) is 24.6 Å². The van der Waals surface area contributed by atoms with Crippen molar-refractivity contribution >= 4 is 11.4 Å². The lowest BCUT2D eigenvalue weighted by Gasteiger charge is -2.14. The van der Waals surface area contributed by atoms with Crippen LogP contribution in [-0.2, 0) is 0 Å². The molecule has 1 aromatic rings. The highest BCUT2D eigenvalue weighted by molar-refractivity contribution is 5.53. The molecule has 19 heavy (non-hydrogen) atoms. The largest absolute Gasteiger partial charge is 0.385 e. The number of nitro benzene ring substituents is 1. The lowest BCUT2D eigenvalue weighted by atomic mass is 10.1. The zero-order valence-corrected chi connectivity index (χ0v) is 11.1. The van der Waals surface area contributed by atoms with Crippen molar-refractivity contribution in [2.45, 2.75) is 19.8 Å². The van der Waals surface area contributed by atoms with Gasteiger partial charge in [0.05, 0.1) is 4.92 Å². The third kappa shape index (κ3) is 3.79. The van der Waals surface area contributed by atoms with Crippen LogP contribution in [0.25, 0.3) is 0 Å². The lowest BCUT2D eigenvalue weighted by molar-refractivity contribution is -0.385. The number of anilines is 1. The zero-order valence-electron chi connectivity index (χ0n) is 11.1. The van der Waals surface area contributed by atoms with Gasteiger partial charge < -0.3 is 10.6 Å². The van der Waals surface area contributed by atoms with Crippen LogP contribution in [0.1, 0.15) is 18.4 Å². The second-order valence-corrected chi connectivity index (χ2v) is 4.75. The van der Waals surface area contributed by atoms with Crippen LogP contribution in [0.2, 0.25) is 0 Å². The minimum atomic E-state index is -0.348. The summed E-state index contributed by atoms with van der Waals surface area (Å²) in [5, 5.41) is 17.3. The molecule has 5 nitrogen and oxygen atoms in total. The van der Waals surface area contributed by atoms with Crippen LogP contribution >= 0.6 is 0 Å². The molecule has 5 heteroatoms. The Morgan fingerprint density at radius 2 is 2.32 bits per heavy atom. The van der Waals surface area contributed by atoms with Gasteiger partial charge in [0, 0.05) is 30.4 Å². The Morgan fingerprint density at radius 3 is 2.95 bits per heavy atom. The molecule has 1 aliphatic heterocycles. The molecule has 2 rings (SSSR count). The summed E-state index contributed by atoms with van der Waals surface area (Å²) in [5.41, 5.74) is 3.28. The molecule has 1 heterocycles. The maximum atomic E-state index is 10.7. The summed E-state index contributed by atoms with van der Waals surface area (Å²) in [5.74, 6) is 0. The minimum absolute atomic E-state index is 0.173. The van der Waals surface area contributed by atoms with E-state index in [1.54, 1.807) is 19.1 Å². The van der Waals surface area contributed by atoms with Crippen molar-refractivity contribution in [1.29, 1.82) is 0 Å². The van der Waals surface area contributed by atoms with Crippen molar-refractivity contribution in [2.75, 3.05) is 25.0 Å². The van der Waals surface area contributed by atoms with Crippen LogP contribution in [0.5, 0.6) is 0 Å². The highest BCUT2D eigenvalue weighted by Gasteiger charge is 2.10. The average molecular weight is 261 g/mol. The van der Waals surface area contributed by atoms with E-state index in [1.807, 2.05) is 6.07 Å². The van der Waals surface area contributed by atoms with E-state index >= 15 is 0 Å². The van der Waals surface area contributed by atoms with Gasteiger partial charge >= 0.3 is 0 Å². The summed E-state index contributed by atoms with van der Waals surface area (Å²) < 4.78 is 0. The van der Waals surface area contributed by atoms with Crippen LogP contribution < -0.4 is 10.6 Å². The van der Waals surface area contributed by atoms with Gasteiger partial charge in [-0.3, -0.25) is 10.1 Å². The molecule has 0 fully saturated rings. The highest BCUT2D eigenvalue weighted by Crippen LogP contribution is 2.21. The number of benzene rings is 1. The van der Waals surface area contributed by atoms with E-state index in [4.69, 9.17) is 0 Å². The van der Waals surface area contributed by atoms with Crippen molar-refractivity contribution in [3.05, 3.63) is 45.5 Å². The number of nitro groups is 1. The molecule has 0 saturated heterocycles. The third-order valence-corrected chi connectivity index (χ3v) is 3.33. The van der Waals surface area contributed by atoms with Crippen molar-refractivity contribution in [3.63, 3.8) is 0 Å². The molecule has 102 valence electrons. The molecular formula is C14H19N3O2. The fourth-order valence-corrected chi connectivity index (χ4v) is 2.23. The van der Waals surface area contributed by atoms with E-state index in [0.29, 0.717) is 5.56 Å². The van der Waals surface area contributed by atoms with E-state index in [-0.39, 0.29) is 10.6 Å². The van der Waals surface area contributed by atoms with E-state index in [9.17, 15) is 10.1 Å². The number of hydrogen-bond acceptors (Lipinski definition) is 4. The fourth-order valence-electron chi connectivity index (χ4n) is 2.23. The van der Waals surface area contributed by atoms with Gasteiger partial charge in [0.15, 0.2) is 0 Å². The standard InChI is InChI=1S/C14H19N3O2/c1-11-10-13(2-3-14(11)17(18)19)16-9-6-12-4-7-15-8-5-12/h2-4,10,15-16H,5-9H2,1H3. The molecule has 0 bridgehead atoms. The van der Waals surface area contributed by atoms with Crippen LogP contribution in [0.15, 0.2) is 29.8 Å². The summed E-state index contributed by atoms with van der Waals surface area (Å²) in [6.45, 7) is 4.65. The second-order valence-electron chi connectivity index (χ2n) is 4.75. The molecule has 1 aliphatic rings. The maximum absolute atomic E-state index is 10.7. The monoisotopic (exact) mass is 261 g/mol. The number of nitrogens with zero attached hydrogens (tertiary/aromatic N) is 1. The van der Waals surface area contributed by atoms with Crippen molar-refractivity contribution in [3.8, 4) is 0 Å². The number of nitrogens with one attached hydrogen (secondary N) is 2. The third-order valence-electron chi connectivity index (χ3n) is 3.33. The van der Waals surface area contributed by atoms with Crippen molar-refractivity contribution < 1.29 is 4.92 Å². The Labute approximate surface area is 112 Å². The average Bonchev–Trinajstić information content (AvgIpc) is 2.39. The topological polar surface area (TPSA) is 67.2 Å². The highest BCUT2D eigenvalue weighted by atomic mass is 16.6. The van der Waals surface area contributed by atoms with Gasteiger partial charge in [0.25, 0.3) is 5.69 Å². The summed E-state index contributed by atoms with van der Waals surface area (Å²) >= 11 is 0. The molecule has 0 saturated carbocycles. The van der Waals surface area contributed by atoms with Gasteiger partial charge in [-0.25, -0.2) is 0 Å². The Hall–Kier alpha value is -1.88. The molecule has 0 aromatic heterocycles. The molecular weight excluding hydrogens is 242 g/mol. The molecule has 2 N–H and O–H groups in total. The molecule has 0 radical (unpaired) electrons. The van der Waals surface area contributed by atoms with Crippen LogP contribution in [0.3, 0.4) is 0 Å². The Bertz CT molecular complexity index is 497. The summed E-state index contributed by atoms with van der Waals surface area (Å²) in [7, 11) is 0. The number of aryl methyl sites for hydroxylation is 1. The predicted octanol–water partition coefficient (Wildman–Crippen LogP) is 2.62. The van der Waals surface area contributed by atoms with Gasteiger partial charge in [-0.05, 0) is 38.4 Å². The lowest BCUT2D eigenvalue weighted by Crippen LogP contribution is -2.21. The van der Waals surface area contributed by atoms with Crippen molar-refractivity contribution in [2.24, 2.45) is 0 Å². The normalized spacial score (nSPS) is 14.9. The molecule has 0 amide bonds. The molecule has 0 atom stereocenters. The first-order valence-electron chi connectivity index (χ1n) is 6.54. The maximum Gasteiger partial charge on any atom is 0.272 e. The Kier molecular flexibility index (Phi) is 4.52. The predicted molar refractivity (Wildman–Crippen MR) is 76.5 cm³/mol. The van der Waals surface area contributed by atoms with E-state index < -0.39 is 0 Å². The molecule has 1 aromatic carbocycles. The van der Waals surface area contributed by atoms with E-state index in [0.717, 1.165) is 38.2 Å². The Balaban J connectivity index is 1.87. The smallest absolute Gasteiger partial charge is 0.272 e. The first kappa shape index (κ1) is 13.5. The minimum Gasteiger partial charge on any atom is -0.385 e. The SMILES string of the molecule is Cc1cc(NCCC2=CCNCC2)ccc1[N+](=O)[O-]. The zero-order chi connectivity index (χ0) is 13.7. The quantitative estimate of drug-likeness (QED) is 0.486. The van der Waals surface area contributed by atoms with Gasteiger partial charge in [-0.2, -0.15) is 0 Å². The number of rotatable bonds is 5. The molecule has 0 unspecified atom stereocenters. The van der Waals surface area contributed by atoms with Crippen molar-refractivity contribution in [1.82, 2.24) is 5.32 Å². The fraction of sp³-hybridized carbons (Fsp3) is 0.429. The van der Waals surface area contributed by atoms with E-state index in [1.165, 1.54) is 5.57 Å². The molecule has 0 aliphatic carbocycles. The summed E-state index contributed by atoms with van der Waals surface area (Å²) in [6, 6.07) is 5.15. The van der Waals surface area contributed by atoms with Gasteiger partial charge in [-0.15, -0.1) is 0 Å². The Morgan fingerprint density at radius 1 is 1.47 bits per heavy atom. The summed E-state index contributed by atoms with van der Waals surface area (Å²) in [6.07, 6.45) is 4.38. The molecule has 0 spiro atoms. The summed E-state index contributed by atoms with van der Waals surface area (Å²) in [4.78, 5) is 10.4. The first-order valence-corrected chi connectivity index (χ1v) is 6.54.